The number of carbonyl (C=O) groups excluding carboxylic acids is 1. The third-order valence-corrected chi connectivity index (χ3v) is 8.95. The van der Waals surface area contributed by atoms with Crippen LogP contribution in [-0.2, 0) is 16.4 Å². The number of sulfone groups is 1. The van der Waals surface area contributed by atoms with Crippen LogP contribution in [0.3, 0.4) is 0 Å². The van der Waals surface area contributed by atoms with Gasteiger partial charge in [0.1, 0.15) is 0 Å². The summed E-state index contributed by atoms with van der Waals surface area (Å²) in [7, 11) is -3.50. The summed E-state index contributed by atoms with van der Waals surface area (Å²) in [4.78, 5) is 20.5. The lowest BCUT2D eigenvalue weighted by Crippen LogP contribution is -2.30. The molecule has 5 nitrogen and oxygen atoms in total. The first kappa shape index (κ1) is 24.1. The van der Waals surface area contributed by atoms with E-state index < -0.39 is 15.1 Å². The second-order valence-corrected chi connectivity index (χ2v) is 12.4. The van der Waals surface area contributed by atoms with Crippen molar-refractivity contribution in [2.45, 2.75) is 50.3 Å². The van der Waals surface area contributed by atoms with Gasteiger partial charge in [-0.1, -0.05) is 73.7 Å². The van der Waals surface area contributed by atoms with Gasteiger partial charge in [-0.05, 0) is 55.2 Å². The molecule has 4 aromatic rings. The minimum Gasteiger partial charge on any atom is -0.279 e. The number of amides is 1. The zero-order valence-corrected chi connectivity index (χ0v) is 21.4. The predicted octanol–water partition coefficient (Wildman–Crippen LogP) is 6.45. The Bertz CT molecular complexity index is 1420. The molecule has 0 unspecified atom stereocenters. The van der Waals surface area contributed by atoms with Gasteiger partial charge in [0, 0.05) is 5.56 Å². The molecule has 34 heavy (non-hydrogen) atoms. The van der Waals surface area contributed by atoms with Crippen LogP contribution in [0.4, 0.5) is 5.13 Å². The summed E-state index contributed by atoms with van der Waals surface area (Å²) < 4.78 is 26.5. The molecule has 0 saturated carbocycles. The number of carbonyl (C=O) groups is 1. The van der Waals surface area contributed by atoms with Crippen LogP contribution in [0.1, 0.15) is 55.1 Å². The summed E-state index contributed by atoms with van der Waals surface area (Å²) in [6.45, 7) is 7.86. The number of aromatic nitrogens is 1. The Hall–Kier alpha value is -3.03. The lowest BCUT2D eigenvalue weighted by atomic mass is 10.0. The van der Waals surface area contributed by atoms with Crippen LogP contribution in [0.2, 0.25) is 0 Å². The van der Waals surface area contributed by atoms with E-state index in [2.05, 4.69) is 19.9 Å². The fraction of sp³-hybridized carbons (Fsp3) is 0.259. The molecule has 0 aliphatic heterocycles. The van der Waals surface area contributed by atoms with E-state index >= 15 is 0 Å². The van der Waals surface area contributed by atoms with E-state index in [4.69, 9.17) is 4.98 Å². The Morgan fingerprint density at radius 2 is 1.65 bits per heavy atom. The molecule has 0 fully saturated rings. The van der Waals surface area contributed by atoms with Crippen molar-refractivity contribution in [2.24, 2.45) is 0 Å². The molecule has 0 aliphatic carbocycles. The zero-order valence-electron chi connectivity index (χ0n) is 19.7. The SMILES string of the molecule is CC(C)c1cccc2sc(N(Cc3ccccc3)C(=O)c3cccc(S(=O)(=O)C(C)C)c3)nc12. The minimum atomic E-state index is -3.50. The van der Waals surface area contributed by atoms with Gasteiger partial charge >= 0.3 is 0 Å². The number of benzene rings is 3. The number of fused-ring (bicyclic) bond motifs is 1. The molecule has 176 valence electrons. The van der Waals surface area contributed by atoms with E-state index in [9.17, 15) is 13.2 Å². The number of thiazole rings is 1. The van der Waals surface area contributed by atoms with Crippen LogP contribution in [0.25, 0.3) is 10.2 Å². The lowest BCUT2D eigenvalue weighted by Gasteiger charge is -2.20. The Morgan fingerprint density at radius 3 is 2.32 bits per heavy atom. The fourth-order valence-corrected chi connectivity index (χ4v) is 5.87. The predicted molar refractivity (Wildman–Crippen MR) is 139 cm³/mol. The first-order chi connectivity index (χ1) is 16.2. The molecule has 0 saturated heterocycles. The van der Waals surface area contributed by atoms with Crippen molar-refractivity contribution >= 4 is 42.4 Å². The van der Waals surface area contributed by atoms with Crippen molar-refractivity contribution in [1.29, 1.82) is 0 Å². The Balaban J connectivity index is 1.81. The van der Waals surface area contributed by atoms with Gasteiger partial charge in [-0.2, -0.15) is 0 Å². The zero-order chi connectivity index (χ0) is 24.5. The van der Waals surface area contributed by atoms with Gasteiger partial charge in [0.2, 0.25) is 0 Å². The Morgan fingerprint density at radius 1 is 0.941 bits per heavy atom. The summed E-state index contributed by atoms with van der Waals surface area (Å²) in [5.41, 5.74) is 3.32. The van der Waals surface area contributed by atoms with Crippen molar-refractivity contribution in [2.75, 3.05) is 4.90 Å². The van der Waals surface area contributed by atoms with Crippen molar-refractivity contribution in [3.8, 4) is 0 Å². The number of hydrogen-bond acceptors (Lipinski definition) is 5. The highest BCUT2D eigenvalue weighted by Gasteiger charge is 2.25. The first-order valence-corrected chi connectivity index (χ1v) is 13.6. The molecule has 0 atom stereocenters. The maximum Gasteiger partial charge on any atom is 0.260 e. The van der Waals surface area contributed by atoms with Crippen molar-refractivity contribution in [3.63, 3.8) is 0 Å². The highest BCUT2D eigenvalue weighted by atomic mass is 32.2. The molecular formula is C27H28N2O3S2. The first-order valence-electron chi connectivity index (χ1n) is 11.3. The number of nitrogens with zero attached hydrogens (tertiary/aromatic N) is 2. The molecule has 7 heteroatoms. The largest absolute Gasteiger partial charge is 0.279 e. The molecule has 0 aliphatic rings. The highest BCUT2D eigenvalue weighted by Crippen LogP contribution is 2.35. The summed E-state index contributed by atoms with van der Waals surface area (Å²) in [6.07, 6.45) is 0. The van der Waals surface area contributed by atoms with Crippen LogP contribution in [-0.4, -0.2) is 24.6 Å². The average Bonchev–Trinajstić information content (AvgIpc) is 3.26. The summed E-state index contributed by atoms with van der Waals surface area (Å²) in [5, 5.41) is 0.0195. The molecule has 3 aromatic carbocycles. The second-order valence-electron chi connectivity index (χ2n) is 8.84. The van der Waals surface area contributed by atoms with Gasteiger partial charge in [0.25, 0.3) is 5.91 Å². The second kappa shape index (κ2) is 9.68. The van der Waals surface area contributed by atoms with Crippen LogP contribution in [0, 0.1) is 0 Å². The quantitative estimate of drug-likeness (QED) is 0.297. The van der Waals surface area contributed by atoms with Crippen molar-refractivity contribution < 1.29 is 13.2 Å². The maximum absolute atomic E-state index is 13.8. The van der Waals surface area contributed by atoms with E-state index in [-0.39, 0.29) is 10.8 Å². The highest BCUT2D eigenvalue weighted by molar-refractivity contribution is 7.92. The molecule has 1 amide bonds. The molecule has 1 aromatic heterocycles. The number of rotatable bonds is 7. The average molecular weight is 493 g/mol. The van der Waals surface area contributed by atoms with E-state index in [0.29, 0.717) is 23.2 Å². The number of para-hydroxylation sites is 1. The lowest BCUT2D eigenvalue weighted by molar-refractivity contribution is 0.0985. The smallest absolute Gasteiger partial charge is 0.260 e. The summed E-state index contributed by atoms with van der Waals surface area (Å²) in [6, 6.07) is 22.1. The minimum absolute atomic E-state index is 0.152. The van der Waals surface area contributed by atoms with Crippen LogP contribution < -0.4 is 4.90 Å². The molecule has 0 spiro atoms. The van der Waals surface area contributed by atoms with Crippen LogP contribution in [0.15, 0.2) is 77.7 Å². The van der Waals surface area contributed by atoms with E-state index in [1.807, 2.05) is 42.5 Å². The summed E-state index contributed by atoms with van der Waals surface area (Å²) >= 11 is 1.47. The molecular weight excluding hydrogens is 464 g/mol. The third kappa shape index (κ3) is 4.76. The summed E-state index contributed by atoms with van der Waals surface area (Å²) in [5.74, 6) is 0.0182. The topological polar surface area (TPSA) is 67.3 Å². The van der Waals surface area contributed by atoms with E-state index in [1.54, 1.807) is 36.9 Å². The Labute approximate surface area is 205 Å². The molecule has 0 bridgehead atoms. The van der Waals surface area contributed by atoms with Crippen LogP contribution >= 0.6 is 11.3 Å². The van der Waals surface area contributed by atoms with Gasteiger partial charge in [0.05, 0.1) is 26.9 Å². The third-order valence-electron chi connectivity index (χ3n) is 5.75. The van der Waals surface area contributed by atoms with Gasteiger partial charge < -0.3 is 0 Å². The van der Waals surface area contributed by atoms with Crippen LogP contribution in [0.5, 0.6) is 0 Å². The fourth-order valence-electron chi connectivity index (χ4n) is 3.77. The van der Waals surface area contributed by atoms with Gasteiger partial charge in [-0.3, -0.25) is 9.69 Å². The van der Waals surface area contributed by atoms with Crippen molar-refractivity contribution in [1.82, 2.24) is 4.98 Å². The monoisotopic (exact) mass is 492 g/mol. The van der Waals surface area contributed by atoms with Gasteiger partial charge in [-0.15, -0.1) is 0 Å². The molecule has 1 heterocycles. The maximum atomic E-state index is 13.8. The number of hydrogen-bond donors (Lipinski definition) is 0. The van der Waals surface area contributed by atoms with E-state index in [0.717, 1.165) is 21.3 Å². The van der Waals surface area contributed by atoms with Gasteiger partial charge in [0.15, 0.2) is 15.0 Å². The van der Waals surface area contributed by atoms with Gasteiger partial charge in [-0.25, -0.2) is 13.4 Å². The Kier molecular flexibility index (Phi) is 6.86. The number of anilines is 1. The van der Waals surface area contributed by atoms with Crippen molar-refractivity contribution in [3.05, 3.63) is 89.5 Å². The normalized spacial score (nSPS) is 11.9. The molecule has 0 N–H and O–H groups in total. The molecule has 4 rings (SSSR count). The standard InChI is InChI=1S/C27H28N2O3S2/c1-18(2)23-14-9-15-24-25(23)28-27(33-24)29(17-20-10-6-5-7-11-20)26(30)21-12-8-13-22(16-21)34(31,32)19(3)4/h5-16,18-19H,17H2,1-4H3. The van der Waals surface area contributed by atoms with E-state index in [1.165, 1.54) is 17.4 Å². The molecule has 0 radical (unpaired) electrons.